The van der Waals surface area contributed by atoms with Gasteiger partial charge in [0.05, 0.1) is 5.56 Å². The average molecular weight is 281 g/mol. The topological polar surface area (TPSA) is 20.3 Å². The number of amides is 1. The number of carbonyl (C=O) groups is 1. The molecule has 2 aromatic carbocycles. The first kappa shape index (κ1) is 12.9. The van der Waals surface area contributed by atoms with Crippen molar-refractivity contribution in [1.29, 1.82) is 0 Å². The molecule has 20 heavy (non-hydrogen) atoms. The van der Waals surface area contributed by atoms with E-state index in [-0.39, 0.29) is 5.91 Å². The van der Waals surface area contributed by atoms with Crippen LogP contribution in [0.2, 0.25) is 0 Å². The summed E-state index contributed by atoms with van der Waals surface area (Å²) >= 11 is 1.64. The highest BCUT2D eigenvalue weighted by atomic mass is 32.1. The fraction of sp³-hybridized carbons (Fsp3) is 0.118. The van der Waals surface area contributed by atoms with Gasteiger partial charge in [0.1, 0.15) is 0 Å². The van der Waals surface area contributed by atoms with E-state index >= 15 is 0 Å². The minimum atomic E-state index is 0.0444. The maximum absolute atomic E-state index is 12.6. The Hall–Kier alpha value is -2.13. The van der Waals surface area contributed by atoms with E-state index in [4.69, 9.17) is 0 Å². The summed E-state index contributed by atoms with van der Waals surface area (Å²) in [7, 11) is 3.59. The number of nitrogens with zero attached hydrogens (tertiary/aromatic N) is 1. The van der Waals surface area contributed by atoms with Gasteiger partial charge in [0.2, 0.25) is 0 Å². The average Bonchev–Trinajstić information content (AvgIpc) is 2.99. The lowest BCUT2D eigenvalue weighted by molar-refractivity contribution is 0.0830. The molecule has 3 heteroatoms. The molecule has 1 amide bonds. The van der Waals surface area contributed by atoms with Crippen LogP contribution in [0.25, 0.3) is 21.9 Å². The maximum Gasteiger partial charge on any atom is 0.254 e. The molecule has 0 aliphatic rings. The minimum absolute atomic E-state index is 0.0444. The van der Waals surface area contributed by atoms with E-state index in [1.807, 2.05) is 35.7 Å². The first-order chi connectivity index (χ1) is 9.68. The fourth-order valence-electron chi connectivity index (χ4n) is 2.38. The molecule has 1 heterocycles. The number of benzene rings is 2. The van der Waals surface area contributed by atoms with Gasteiger partial charge in [0.25, 0.3) is 5.91 Å². The third-order valence-corrected chi connectivity index (χ3v) is 4.06. The lowest BCUT2D eigenvalue weighted by Gasteiger charge is -2.16. The van der Waals surface area contributed by atoms with Gasteiger partial charge in [-0.1, -0.05) is 36.4 Å². The third kappa shape index (κ3) is 2.10. The van der Waals surface area contributed by atoms with Crippen LogP contribution < -0.4 is 0 Å². The molecule has 2 nitrogen and oxygen atoms in total. The number of carbonyl (C=O) groups excluding carboxylic acids is 1. The molecule has 0 fully saturated rings. The van der Waals surface area contributed by atoms with Crippen LogP contribution in [0.4, 0.5) is 0 Å². The van der Waals surface area contributed by atoms with Crippen molar-refractivity contribution in [1.82, 2.24) is 4.90 Å². The summed E-state index contributed by atoms with van der Waals surface area (Å²) in [5, 5.41) is 6.22. The van der Waals surface area contributed by atoms with Crippen molar-refractivity contribution < 1.29 is 4.79 Å². The first-order valence-corrected chi connectivity index (χ1v) is 7.39. The van der Waals surface area contributed by atoms with Gasteiger partial charge in [-0.2, -0.15) is 11.3 Å². The van der Waals surface area contributed by atoms with Gasteiger partial charge >= 0.3 is 0 Å². The molecule has 0 radical (unpaired) electrons. The van der Waals surface area contributed by atoms with Gasteiger partial charge in [0, 0.05) is 14.1 Å². The van der Waals surface area contributed by atoms with Gasteiger partial charge in [-0.15, -0.1) is 0 Å². The van der Waals surface area contributed by atoms with Crippen molar-refractivity contribution in [2.75, 3.05) is 14.1 Å². The smallest absolute Gasteiger partial charge is 0.254 e. The van der Waals surface area contributed by atoms with Crippen molar-refractivity contribution in [2.45, 2.75) is 0 Å². The van der Waals surface area contributed by atoms with Crippen LogP contribution in [0.15, 0.2) is 53.2 Å². The van der Waals surface area contributed by atoms with E-state index in [9.17, 15) is 4.79 Å². The van der Waals surface area contributed by atoms with Crippen LogP contribution in [0.5, 0.6) is 0 Å². The number of hydrogen-bond acceptors (Lipinski definition) is 2. The molecular formula is C17H15NOS. The van der Waals surface area contributed by atoms with Crippen molar-refractivity contribution >= 4 is 28.0 Å². The number of rotatable bonds is 2. The third-order valence-electron chi connectivity index (χ3n) is 3.38. The second-order valence-corrected chi connectivity index (χ2v) is 5.70. The molecule has 0 aliphatic carbocycles. The van der Waals surface area contributed by atoms with Gasteiger partial charge < -0.3 is 4.90 Å². The van der Waals surface area contributed by atoms with Crippen molar-refractivity contribution in [3.63, 3.8) is 0 Å². The fourth-order valence-corrected chi connectivity index (χ4v) is 3.04. The summed E-state index contributed by atoms with van der Waals surface area (Å²) in [6, 6.07) is 14.2. The number of hydrogen-bond donors (Lipinski definition) is 0. The van der Waals surface area contributed by atoms with Crippen molar-refractivity contribution in [3.8, 4) is 11.1 Å². The van der Waals surface area contributed by atoms with Gasteiger partial charge in [-0.3, -0.25) is 4.79 Å². The molecule has 0 saturated carbocycles. The van der Waals surface area contributed by atoms with E-state index < -0.39 is 0 Å². The summed E-state index contributed by atoms with van der Waals surface area (Å²) in [6.07, 6.45) is 0. The van der Waals surface area contributed by atoms with E-state index in [0.29, 0.717) is 0 Å². The molecule has 0 saturated heterocycles. The Kier molecular flexibility index (Phi) is 3.28. The molecule has 3 aromatic rings. The molecule has 1 aromatic heterocycles. The van der Waals surface area contributed by atoms with E-state index in [1.165, 1.54) is 0 Å². The molecule has 3 rings (SSSR count). The van der Waals surface area contributed by atoms with Crippen molar-refractivity contribution in [3.05, 3.63) is 58.8 Å². The maximum atomic E-state index is 12.6. The normalized spacial score (nSPS) is 10.7. The van der Waals surface area contributed by atoms with Crippen LogP contribution in [0.1, 0.15) is 10.4 Å². The van der Waals surface area contributed by atoms with Crippen LogP contribution in [0.3, 0.4) is 0 Å². The van der Waals surface area contributed by atoms with E-state index in [0.717, 1.165) is 27.5 Å². The SMILES string of the molecule is CN(C)C(=O)c1c(-c2ccsc2)ccc2ccccc12. The largest absolute Gasteiger partial charge is 0.345 e. The second kappa shape index (κ2) is 5.10. The second-order valence-electron chi connectivity index (χ2n) is 4.92. The molecule has 0 aliphatic heterocycles. The van der Waals surface area contributed by atoms with Gasteiger partial charge in [-0.05, 0) is 38.7 Å². The number of fused-ring (bicyclic) bond motifs is 1. The van der Waals surface area contributed by atoms with Crippen LogP contribution in [0, 0.1) is 0 Å². The molecule has 0 spiro atoms. The summed E-state index contributed by atoms with van der Waals surface area (Å²) < 4.78 is 0. The first-order valence-electron chi connectivity index (χ1n) is 6.44. The summed E-state index contributed by atoms with van der Waals surface area (Å²) in [5.41, 5.74) is 2.89. The van der Waals surface area contributed by atoms with E-state index in [2.05, 4.69) is 17.5 Å². The Morgan fingerprint density at radius 3 is 2.55 bits per heavy atom. The van der Waals surface area contributed by atoms with Crippen LogP contribution in [-0.2, 0) is 0 Å². The zero-order valence-corrected chi connectivity index (χ0v) is 12.3. The highest BCUT2D eigenvalue weighted by Gasteiger charge is 2.18. The van der Waals surface area contributed by atoms with Gasteiger partial charge in [-0.25, -0.2) is 0 Å². The van der Waals surface area contributed by atoms with Gasteiger partial charge in [0.15, 0.2) is 0 Å². The summed E-state index contributed by atoms with van der Waals surface area (Å²) in [4.78, 5) is 14.2. The zero-order chi connectivity index (χ0) is 14.1. The quantitative estimate of drug-likeness (QED) is 0.687. The Morgan fingerprint density at radius 2 is 1.85 bits per heavy atom. The van der Waals surface area contributed by atoms with Crippen LogP contribution >= 0.6 is 11.3 Å². The predicted molar refractivity (Wildman–Crippen MR) is 85.3 cm³/mol. The molecule has 0 N–H and O–H groups in total. The Morgan fingerprint density at radius 1 is 1.05 bits per heavy atom. The molecule has 0 bridgehead atoms. The summed E-state index contributed by atoms with van der Waals surface area (Å²) in [6.45, 7) is 0. The Bertz CT molecular complexity index is 760. The monoisotopic (exact) mass is 281 g/mol. The number of thiophene rings is 1. The molecular weight excluding hydrogens is 266 g/mol. The standard InChI is InChI=1S/C17H15NOS/c1-18(2)17(19)16-14-6-4-3-5-12(14)7-8-15(16)13-9-10-20-11-13/h3-11H,1-2H3. The lowest BCUT2D eigenvalue weighted by Crippen LogP contribution is -2.22. The minimum Gasteiger partial charge on any atom is -0.345 e. The lowest BCUT2D eigenvalue weighted by atomic mass is 9.95. The Labute approximate surface area is 122 Å². The summed E-state index contributed by atoms with van der Waals surface area (Å²) in [5.74, 6) is 0.0444. The predicted octanol–water partition coefficient (Wildman–Crippen LogP) is 4.27. The molecule has 100 valence electrons. The molecule has 0 atom stereocenters. The highest BCUT2D eigenvalue weighted by Crippen LogP contribution is 2.32. The Balaban J connectivity index is 2.35. The van der Waals surface area contributed by atoms with E-state index in [1.54, 1.807) is 30.3 Å². The molecule has 0 unspecified atom stereocenters. The highest BCUT2D eigenvalue weighted by molar-refractivity contribution is 7.08. The zero-order valence-electron chi connectivity index (χ0n) is 11.5. The van der Waals surface area contributed by atoms with Crippen LogP contribution in [-0.4, -0.2) is 24.9 Å². The van der Waals surface area contributed by atoms with Crippen molar-refractivity contribution in [2.24, 2.45) is 0 Å².